The maximum atomic E-state index is 12.4. The summed E-state index contributed by atoms with van der Waals surface area (Å²) < 4.78 is 6.86. The largest absolute Gasteiger partial charge is 0.452 e. The molecule has 25 heavy (non-hydrogen) atoms. The number of carbonyl (C=O) groups is 2. The molecule has 0 saturated carbocycles. The number of amides is 1. The van der Waals surface area contributed by atoms with Crippen molar-refractivity contribution >= 4 is 11.9 Å². The SMILES string of the molecule is CCc1c(C(=O)OCC(=O)N2CCCCC2)cnn1-c1ccccn1. The second kappa shape index (κ2) is 7.92. The van der Waals surface area contributed by atoms with Crippen molar-refractivity contribution < 1.29 is 14.3 Å². The summed E-state index contributed by atoms with van der Waals surface area (Å²) in [4.78, 5) is 30.5. The lowest BCUT2D eigenvalue weighted by molar-refractivity contribution is -0.135. The predicted molar refractivity (Wildman–Crippen MR) is 91.5 cm³/mol. The summed E-state index contributed by atoms with van der Waals surface area (Å²) in [5.74, 6) is -0.0181. The molecule has 1 aliphatic heterocycles. The van der Waals surface area contributed by atoms with Gasteiger partial charge in [-0.05, 0) is 37.8 Å². The molecule has 1 saturated heterocycles. The average Bonchev–Trinajstić information content (AvgIpc) is 3.11. The standard InChI is InChI=1S/C18H22N4O3/c1-2-15-14(12-20-22(15)16-8-4-5-9-19-16)18(24)25-13-17(23)21-10-6-3-7-11-21/h4-5,8-9,12H,2-3,6-7,10-11,13H2,1H3. The van der Waals surface area contributed by atoms with Crippen LogP contribution in [0.15, 0.2) is 30.6 Å². The molecule has 3 rings (SSSR count). The number of rotatable bonds is 5. The minimum absolute atomic E-state index is 0.136. The van der Waals surface area contributed by atoms with Gasteiger partial charge in [0.25, 0.3) is 5.91 Å². The third-order valence-electron chi connectivity index (χ3n) is 4.33. The molecule has 3 heterocycles. The first-order valence-electron chi connectivity index (χ1n) is 8.64. The number of pyridine rings is 1. The zero-order valence-corrected chi connectivity index (χ0v) is 14.4. The van der Waals surface area contributed by atoms with Crippen molar-refractivity contribution in [2.45, 2.75) is 32.6 Å². The first kappa shape index (κ1) is 17.1. The van der Waals surface area contributed by atoms with Gasteiger partial charge in [0.05, 0.1) is 11.9 Å². The number of ether oxygens (including phenoxy) is 1. The van der Waals surface area contributed by atoms with Gasteiger partial charge in [-0.25, -0.2) is 14.5 Å². The number of hydrogen-bond donors (Lipinski definition) is 0. The van der Waals surface area contributed by atoms with Crippen molar-refractivity contribution in [3.63, 3.8) is 0 Å². The van der Waals surface area contributed by atoms with E-state index in [-0.39, 0.29) is 12.5 Å². The van der Waals surface area contributed by atoms with Crippen LogP contribution in [0, 0.1) is 0 Å². The zero-order valence-electron chi connectivity index (χ0n) is 14.4. The van der Waals surface area contributed by atoms with E-state index in [9.17, 15) is 9.59 Å². The summed E-state index contributed by atoms with van der Waals surface area (Å²) in [6.07, 6.45) is 6.91. The Morgan fingerprint density at radius 2 is 2.00 bits per heavy atom. The molecule has 2 aromatic heterocycles. The Morgan fingerprint density at radius 1 is 1.20 bits per heavy atom. The third-order valence-corrected chi connectivity index (χ3v) is 4.33. The van der Waals surface area contributed by atoms with Crippen molar-refractivity contribution in [2.75, 3.05) is 19.7 Å². The van der Waals surface area contributed by atoms with Crippen LogP contribution in [-0.4, -0.2) is 51.2 Å². The first-order valence-corrected chi connectivity index (χ1v) is 8.64. The lowest BCUT2D eigenvalue weighted by Gasteiger charge is -2.26. The van der Waals surface area contributed by atoms with E-state index in [1.165, 1.54) is 6.20 Å². The van der Waals surface area contributed by atoms with E-state index in [0.29, 0.717) is 23.5 Å². The van der Waals surface area contributed by atoms with Gasteiger partial charge in [0.15, 0.2) is 12.4 Å². The smallest absolute Gasteiger partial charge is 0.342 e. The van der Waals surface area contributed by atoms with Gasteiger partial charge in [0, 0.05) is 19.3 Å². The topological polar surface area (TPSA) is 77.3 Å². The van der Waals surface area contributed by atoms with Crippen molar-refractivity contribution in [1.29, 1.82) is 0 Å². The highest BCUT2D eigenvalue weighted by molar-refractivity contribution is 5.92. The molecule has 0 bridgehead atoms. The fourth-order valence-electron chi connectivity index (χ4n) is 3.00. The fourth-order valence-corrected chi connectivity index (χ4v) is 3.00. The highest BCUT2D eigenvalue weighted by atomic mass is 16.5. The number of hydrogen-bond acceptors (Lipinski definition) is 5. The number of carbonyl (C=O) groups excluding carboxylic acids is 2. The summed E-state index contributed by atoms with van der Waals surface area (Å²) in [5.41, 5.74) is 1.09. The van der Waals surface area contributed by atoms with E-state index in [1.807, 2.05) is 25.1 Å². The molecule has 0 spiro atoms. The molecular weight excluding hydrogens is 320 g/mol. The molecule has 7 heteroatoms. The summed E-state index contributed by atoms with van der Waals surface area (Å²) >= 11 is 0. The Hall–Kier alpha value is -2.70. The van der Waals surface area contributed by atoms with Crippen molar-refractivity contribution in [1.82, 2.24) is 19.7 Å². The Bertz CT molecular complexity index is 736. The van der Waals surface area contributed by atoms with Crippen LogP contribution in [-0.2, 0) is 16.0 Å². The van der Waals surface area contributed by atoms with Gasteiger partial charge in [-0.2, -0.15) is 5.10 Å². The molecule has 1 aliphatic rings. The molecule has 0 unspecified atom stereocenters. The van der Waals surface area contributed by atoms with Crippen molar-refractivity contribution in [3.8, 4) is 5.82 Å². The monoisotopic (exact) mass is 342 g/mol. The Labute approximate surface area is 146 Å². The van der Waals surface area contributed by atoms with Crippen LogP contribution < -0.4 is 0 Å². The minimum atomic E-state index is -0.524. The Balaban J connectivity index is 1.68. The predicted octanol–water partition coefficient (Wildman–Crippen LogP) is 2.00. The van der Waals surface area contributed by atoms with Crippen LogP contribution in [0.4, 0.5) is 0 Å². The number of aromatic nitrogens is 3. The van der Waals surface area contributed by atoms with Gasteiger partial charge < -0.3 is 9.64 Å². The molecule has 1 amide bonds. The van der Waals surface area contributed by atoms with Gasteiger partial charge in [-0.1, -0.05) is 13.0 Å². The molecule has 0 radical (unpaired) electrons. The lowest BCUT2D eigenvalue weighted by atomic mass is 10.1. The van der Waals surface area contributed by atoms with E-state index < -0.39 is 5.97 Å². The molecule has 1 fully saturated rings. The van der Waals surface area contributed by atoms with Gasteiger partial charge >= 0.3 is 5.97 Å². The van der Waals surface area contributed by atoms with Crippen LogP contribution >= 0.6 is 0 Å². The molecular formula is C18H22N4O3. The highest BCUT2D eigenvalue weighted by Crippen LogP contribution is 2.15. The normalized spacial score (nSPS) is 14.4. The van der Waals surface area contributed by atoms with E-state index in [0.717, 1.165) is 32.4 Å². The summed E-state index contributed by atoms with van der Waals surface area (Å²) in [5, 5.41) is 4.25. The van der Waals surface area contributed by atoms with E-state index >= 15 is 0 Å². The summed E-state index contributed by atoms with van der Waals surface area (Å²) in [6, 6.07) is 5.50. The molecule has 7 nitrogen and oxygen atoms in total. The van der Waals surface area contributed by atoms with Gasteiger partial charge in [-0.15, -0.1) is 0 Å². The van der Waals surface area contributed by atoms with Gasteiger partial charge in [0.2, 0.25) is 0 Å². The van der Waals surface area contributed by atoms with Crippen LogP contribution in [0.1, 0.15) is 42.2 Å². The van der Waals surface area contributed by atoms with Crippen molar-refractivity contribution in [3.05, 3.63) is 41.9 Å². The van der Waals surface area contributed by atoms with Gasteiger partial charge in [0.1, 0.15) is 5.56 Å². The van der Waals surface area contributed by atoms with Crippen molar-refractivity contribution in [2.24, 2.45) is 0 Å². The molecule has 0 atom stereocenters. The van der Waals surface area contributed by atoms with Crippen LogP contribution in [0.5, 0.6) is 0 Å². The van der Waals surface area contributed by atoms with Crippen LogP contribution in [0.3, 0.4) is 0 Å². The molecule has 2 aromatic rings. The third kappa shape index (κ3) is 3.87. The molecule has 132 valence electrons. The molecule has 0 aliphatic carbocycles. The highest BCUT2D eigenvalue weighted by Gasteiger charge is 2.22. The molecule has 0 N–H and O–H groups in total. The lowest BCUT2D eigenvalue weighted by Crippen LogP contribution is -2.38. The summed E-state index contributed by atoms with van der Waals surface area (Å²) in [6.45, 7) is 3.20. The van der Waals surface area contributed by atoms with E-state index in [1.54, 1.807) is 15.8 Å². The first-order chi connectivity index (χ1) is 12.2. The fraction of sp³-hybridized carbons (Fsp3) is 0.444. The minimum Gasteiger partial charge on any atom is -0.452 e. The summed E-state index contributed by atoms with van der Waals surface area (Å²) in [7, 11) is 0. The van der Waals surface area contributed by atoms with Gasteiger partial charge in [-0.3, -0.25) is 4.79 Å². The number of nitrogens with zero attached hydrogens (tertiary/aromatic N) is 4. The second-order valence-corrected chi connectivity index (χ2v) is 5.98. The quantitative estimate of drug-likeness (QED) is 0.777. The number of esters is 1. The zero-order chi connectivity index (χ0) is 17.6. The van der Waals surface area contributed by atoms with Crippen LogP contribution in [0.2, 0.25) is 0 Å². The van der Waals surface area contributed by atoms with E-state index in [4.69, 9.17) is 4.74 Å². The number of likely N-dealkylation sites (tertiary alicyclic amines) is 1. The molecule has 0 aromatic carbocycles. The maximum Gasteiger partial charge on any atom is 0.342 e. The van der Waals surface area contributed by atoms with Crippen LogP contribution in [0.25, 0.3) is 5.82 Å². The second-order valence-electron chi connectivity index (χ2n) is 5.98. The maximum absolute atomic E-state index is 12.4. The number of piperidine rings is 1. The van der Waals surface area contributed by atoms with E-state index in [2.05, 4.69) is 10.1 Å². The average molecular weight is 342 g/mol. The Morgan fingerprint density at radius 3 is 2.68 bits per heavy atom. The Kier molecular flexibility index (Phi) is 5.42.